The first-order valence-electron chi connectivity index (χ1n) is 13.5. The van der Waals surface area contributed by atoms with Crippen LogP contribution in [0.5, 0.6) is 0 Å². The monoisotopic (exact) mass is 502 g/mol. The fraction of sp³-hybridized carbons (Fsp3) is 0.786. The van der Waals surface area contributed by atoms with Crippen molar-refractivity contribution in [1.82, 2.24) is 5.32 Å². The molecule has 0 aromatic rings. The Morgan fingerprint density at radius 3 is 2.44 bits per heavy atom. The molecule has 36 heavy (non-hydrogen) atoms. The lowest BCUT2D eigenvalue weighted by Gasteiger charge is -2.59. The van der Waals surface area contributed by atoms with Gasteiger partial charge in [-0.2, -0.15) is 0 Å². The van der Waals surface area contributed by atoms with Gasteiger partial charge in [0.15, 0.2) is 12.4 Å². The summed E-state index contributed by atoms with van der Waals surface area (Å²) in [6.07, 6.45) is 9.29. The fourth-order valence-electron chi connectivity index (χ4n) is 8.14. The molecule has 0 heterocycles. The van der Waals surface area contributed by atoms with E-state index in [1.54, 1.807) is 20.8 Å². The molecular formula is C28H42N2O6. The van der Waals surface area contributed by atoms with E-state index in [1.165, 1.54) is 5.57 Å². The van der Waals surface area contributed by atoms with Gasteiger partial charge in [0.25, 0.3) is 5.91 Å². The molecule has 1 amide bonds. The molecule has 4 aliphatic rings. The maximum Gasteiger partial charge on any atom is 0.326 e. The first-order valence-corrected chi connectivity index (χ1v) is 13.5. The number of carboxylic acid groups (broad SMARTS) is 1. The average Bonchev–Trinajstić information content (AvgIpc) is 3.09. The summed E-state index contributed by atoms with van der Waals surface area (Å²) in [7, 11) is 0. The van der Waals surface area contributed by atoms with Crippen molar-refractivity contribution in [2.45, 2.75) is 97.6 Å². The number of nitrogens with zero attached hydrogens (tertiary/aromatic N) is 1. The van der Waals surface area contributed by atoms with Crippen molar-refractivity contribution in [3.8, 4) is 0 Å². The summed E-state index contributed by atoms with van der Waals surface area (Å²) >= 11 is 0. The number of Topliss-reactive ketones (excluding diaryl/α,β-unsaturated/α-hetero) is 1. The molecule has 0 radical (unpaired) electrons. The molecule has 0 aliphatic heterocycles. The van der Waals surface area contributed by atoms with Crippen LogP contribution in [0.15, 0.2) is 16.8 Å². The Morgan fingerprint density at radius 2 is 1.81 bits per heavy atom. The van der Waals surface area contributed by atoms with Crippen molar-refractivity contribution < 1.29 is 29.4 Å². The molecule has 4 aliphatic carbocycles. The standard InChI is InChI=1S/C28H42N2O6/c1-16(2)24(25(33)34)29-23(32)15-36-30-19-8-11-26(4)18(14-19)6-7-20-21(26)9-12-27(5)22(20)10-13-28(27,35)17(3)31/h14,16,20-22,24,35H,6-13,15H2,1-5H3,(H,29,32)(H,33,34)/b30-19+/t20-,21+,22+,24-,26+,27+,28+/m1/s1. The Morgan fingerprint density at radius 1 is 1.11 bits per heavy atom. The number of oxime groups is 1. The zero-order valence-corrected chi connectivity index (χ0v) is 22.3. The van der Waals surface area contributed by atoms with Crippen LogP contribution in [-0.2, 0) is 19.2 Å². The molecule has 4 rings (SSSR count). The predicted octanol–water partition coefficient (Wildman–Crippen LogP) is 3.87. The average molecular weight is 503 g/mol. The zero-order chi connectivity index (χ0) is 26.5. The third kappa shape index (κ3) is 4.29. The highest BCUT2D eigenvalue weighted by Crippen LogP contribution is 2.67. The number of carboxylic acids is 1. The highest BCUT2D eigenvalue weighted by Gasteiger charge is 2.65. The van der Waals surface area contributed by atoms with Crippen molar-refractivity contribution in [1.29, 1.82) is 0 Å². The molecule has 3 fully saturated rings. The van der Waals surface area contributed by atoms with Crippen LogP contribution in [0.25, 0.3) is 0 Å². The minimum absolute atomic E-state index is 0.0730. The van der Waals surface area contributed by atoms with E-state index in [-0.39, 0.29) is 29.1 Å². The lowest BCUT2D eigenvalue weighted by Crippen LogP contribution is -2.57. The number of hydrogen-bond donors (Lipinski definition) is 3. The van der Waals surface area contributed by atoms with Gasteiger partial charge >= 0.3 is 5.97 Å². The Labute approximate surface area is 213 Å². The SMILES string of the molecule is CC(=O)[C@@]1(O)CC[C@H]2[C@@H]3CCC4=C/C(=N/OCC(=O)N[C@@H](C(=O)O)C(C)C)CC[C@]4(C)[C@H]3CC[C@@]21C. The van der Waals surface area contributed by atoms with Gasteiger partial charge < -0.3 is 20.4 Å². The van der Waals surface area contributed by atoms with Gasteiger partial charge in [0.05, 0.1) is 5.71 Å². The van der Waals surface area contributed by atoms with E-state index in [0.717, 1.165) is 50.7 Å². The summed E-state index contributed by atoms with van der Waals surface area (Å²) in [5.41, 5.74) is 0.761. The van der Waals surface area contributed by atoms with Crippen LogP contribution in [0, 0.1) is 34.5 Å². The minimum Gasteiger partial charge on any atom is -0.480 e. The Bertz CT molecular complexity index is 989. The summed E-state index contributed by atoms with van der Waals surface area (Å²) in [6, 6.07) is -0.954. The Hall–Kier alpha value is -2.22. The molecule has 0 unspecified atom stereocenters. The van der Waals surface area contributed by atoms with Gasteiger partial charge in [0, 0.05) is 5.41 Å². The third-order valence-electron chi connectivity index (χ3n) is 10.3. The second-order valence-corrected chi connectivity index (χ2v) is 12.4. The Balaban J connectivity index is 1.42. The van der Waals surface area contributed by atoms with Crippen molar-refractivity contribution in [3.05, 3.63) is 11.6 Å². The van der Waals surface area contributed by atoms with Gasteiger partial charge in [0.2, 0.25) is 0 Å². The summed E-state index contributed by atoms with van der Waals surface area (Å²) in [6.45, 7) is 9.23. The molecule has 0 saturated heterocycles. The summed E-state index contributed by atoms with van der Waals surface area (Å²) in [4.78, 5) is 41.1. The molecule has 3 N–H and O–H groups in total. The van der Waals surface area contributed by atoms with Crippen molar-refractivity contribution in [2.75, 3.05) is 6.61 Å². The van der Waals surface area contributed by atoms with E-state index < -0.39 is 23.5 Å². The first kappa shape index (κ1) is 26.8. The second kappa shape index (κ2) is 9.58. The van der Waals surface area contributed by atoms with E-state index in [2.05, 4.69) is 30.4 Å². The number of aliphatic hydroxyl groups is 1. The quantitative estimate of drug-likeness (QED) is 0.454. The number of fused-ring (bicyclic) bond motifs is 5. The molecule has 0 spiro atoms. The van der Waals surface area contributed by atoms with Crippen LogP contribution < -0.4 is 5.32 Å². The van der Waals surface area contributed by atoms with E-state index in [0.29, 0.717) is 24.2 Å². The molecular weight excluding hydrogens is 460 g/mol. The van der Waals surface area contributed by atoms with Gasteiger partial charge in [-0.05, 0) is 93.5 Å². The van der Waals surface area contributed by atoms with Crippen LogP contribution in [0.3, 0.4) is 0 Å². The number of carbonyl (C=O) groups excluding carboxylic acids is 2. The van der Waals surface area contributed by atoms with E-state index in [9.17, 15) is 24.6 Å². The number of hydrogen-bond acceptors (Lipinski definition) is 6. The van der Waals surface area contributed by atoms with E-state index in [4.69, 9.17) is 4.84 Å². The van der Waals surface area contributed by atoms with Crippen LogP contribution in [-0.4, -0.2) is 51.8 Å². The van der Waals surface area contributed by atoms with E-state index >= 15 is 0 Å². The van der Waals surface area contributed by atoms with Crippen molar-refractivity contribution >= 4 is 23.4 Å². The number of rotatable bonds is 7. The summed E-state index contributed by atoms with van der Waals surface area (Å²) in [5, 5.41) is 27.2. The molecule has 8 nitrogen and oxygen atoms in total. The lowest BCUT2D eigenvalue weighted by atomic mass is 9.46. The molecule has 200 valence electrons. The molecule has 8 heteroatoms. The van der Waals surface area contributed by atoms with Crippen LogP contribution in [0.1, 0.15) is 86.0 Å². The summed E-state index contributed by atoms with van der Waals surface area (Å²) in [5.74, 6) is -0.455. The minimum atomic E-state index is -1.19. The van der Waals surface area contributed by atoms with Gasteiger partial charge in [-0.3, -0.25) is 9.59 Å². The van der Waals surface area contributed by atoms with Gasteiger partial charge in [-0.25, -0.2) is 4.79 Å². The molecule has 0 aromatic heterocycles. The Kier molecular flexibility index (Phi) is 7.14. The zero-order valence-electron chi connectivity index (χ0n) is 22.3. The normalized spacial score (nSPS) is 39.5. The number of allylic oxidation sites excluding steroid dienone is 2. The molecule has 0 bridgehead atoms. The molecule has 7 atom stereocenters. The predicted molar refractivity (Wildman–Crippen MR) is 135 cm³/mol. The van der Waals surface area contributed by atoms with Crippen molar-refractivity contribution in [3.63, 3.8) is 0 Å². The highest BCUT2D eigenvalue weighted by atomic mass is 16.6. The maximum atomic E-state index is 12.4. The van der Waals surface area contributed by atoms with Gasteiger partial charge in [-0.1, -0.05) is 38.4 Å². The molecule has 0 aromatic carbocycles. The highest BCUT2D eigenvalue weighted by molar-refractivity contribution is 5.96. The van der Waals surface area contributed by atoms with Gasteiger partial charge in [0.1, 0.15) is 11.6 Å². The molecule has 3 saturated carbocycles. The van der Waals surface area contributed by atoms with Gasteiger partial charge in [-0.15, -0.1) is 0 Å². The largest absolute Gasteiger partial charge is 0.480 e. The lowest BCUT2D eigenvalue weighted by molar-refractivity contribution is -0.159. The third-order valence-corrected chi connectivity index (χ3v) is 10.3. The second-order valence-electron chi connectivity index (χ2n) is 12.4. The topological polar surface area (TPSA) is 125 Å². The van der Waals surface area contributed by atoms with E-state index in [1.807, 2.05) is 0 Å². The smallest absolute Gasteiger partial charge is 0.326 e. The van der Waals surface area contributed by atoms with Crippen LogP contribution in [0.4, 0.5) is 0 Å². The van der Waals surface area contributed by atoms with Crippen molar-refractivity contribution in [2.24, 2.45) is 39.7 Å². The van der Waals surface area contributed by atoms with Crippen LogP contribution >= 0.6 is 0 Å². The number of carbonyl (C=O) groups is 3. The maximum absolute atomic E-state index is 12.4. The number of nitrogens with one attached hydrogen (secondary N) is 1. The first-order chi connectivity index (χ1) is 16.8. The number of amides is 1. The van der Waals surface area contributed by atoms with Crippen LogP contribution in [0.2, 0.25) is 0 Å². The number of ketones is 1. The fourth-order valence-corrected chi connectivity index (χ4v) is 8.14. The number of aliphatic carboxylic acids is 1. The summed E-state index contributed by atoms with van der Waals surface area (Å²) < 4.78 is 0.